The first kappa shape index (κ1) is 7.65. The monoisotopic (exact) mass is 165 g/mol. The molecule has 0 bridgehead atoms. The average Bonchev–Trinajstić information content (AvgIpc) is 2.55. The van der Waals surface area contributed by atoms with E-state index in [0.717, 1.165) is 18.4 Å². The lowest BCUT2D eigenvalue weighted by Gasteiger charge is -2.01. The van der Waals surface area contributed by atoms with Crippen LogP contribution in [0.3, 0.4) is 0 Å². The van der Waals surface area contributed by atoms with E-state index in [4.69, 9.17) is 5.73 Å². The van der Waals surface area contributed by atoms with Crippen LogP contribution in [-0.2, 0) is 6.54 Å². The van der Waals surface area contributed by atoms with Gasteiger partial charge in [0.15, 0.2) is 0 Å². The summed E-state index contributed by atoms with van der Waals surface area (Å²) in [4.78, 5) is 0. The van der Waals surface area contributed by atoms with Gasteiger partial charge in [0.25, 0.3) is 0 Å². The number of hydrogen-bond donors (Lipinski definition) is 1. The molecule has 0 aliphatic heterocycles. The zero-order valence-electron chi connectivity index (χ0n) is 7.62. The van der Waals surface area contributed by atoms with Crippen molar-refractivity contribution in [3.05, 3.63) is 11.8 Å². The zero-order chi connectivity index (χ0) is 8.72. The smallest absolute Gasteiger partial charge is 0.145 e. The summed E-state index contributed by atoms with van der Waals surface area (Å²) >= 11 is 0. The van der Waals surface area contributed by atoms with Crippen LogP contribution in [-0.4, -0.2) is 9.78 Å². The normalized spacial score (nSPS) is 27.5. The lowest BCUT2D eigenvalue weighted by Crippen LogP contribution is -2.05. The molecule has 2 unspecified atom stereocenters. The van der Waals surface area contributed by atoms with Gasteiger partial charge in [0.1, 0.15) is 5.82 Å². The number of nitrogen functional groups attached to an aromatic ring is 1. The Kier molecular flexibility index (Phi) is 1.60. The number of hydrogen-bond acceptors (Lipinski definition) is 2. The molecule has 2 atom stereocenters. The molecule has 0 radical (unpaired) electrons. The second kappa shape index (κ2) is 2.51. The second-order valence-corrected chi connectivity index (χ2v) is 3.87. The highest BCUT2D eigenvalue weighted by Gasteiger charge is 2.33. The van der Waals surface area contributed by atoms with Gasteiger partial charge in [-0.2, -0.15) is 5.10 Å². The van der Waals surface area contributed by atoms with Crippen LogP contribution >= 0.6 is 0 Å². The van der Waals surface area contributed by atoms with Crippen molar-refractivity contribution < 1.29 is 0 Å². The molecule has 1 aromatic rings. The van der Waals surface area contributed by atoms with Crippen molar-refractivity contribution in [1.82, 2.24) is 9.78 Å². The van der Waals surface area contributed by atoms with Crippen LogP contribution in [0.1, 0.15) is 19.0 Å². The first-order valence-electron chi connectivity index (χ1n) is 4.46. The predicted molar refractivity (Wildman–Crippen MR) is 48.6 cm³/mol. The largest absolute Gasteiger partial charge is 0.382 e. The Balaban J connectivity index is 2.07. The molecule has 3 heteroatoms. The molecule has 1 heterocycles. The van der Waals surface area contributed by atoms with Crippen molar-refractivity contribution >= 4 is 5.82 Å². The minimum Gasteiger partial charge on any atom is -0.382 e. The van der Waals surface area contributed by atoms with Gasteiger partial charge in [-0.15, -0.1) is 0 Å². The molecule has 1 aromatic heterocycles. The van der Waals surface area contributed by atoms with Crippen molar-refractivity contribution in [1.29, 1.82) is 0 Å². The molecule has 0 spiro atoms. The summed E-state index contributed by atoms with van der Waals surface area (Å²) < 4.78 is 2.02. The molecular weight excluding hydrogens is 150 g/mol. The van der Waals surface area contributed by atoms with E-state index in [0.29, 0.717) is 5.82 Å². The van der Waals surface area contributed by atoms with Crippen LogP contribution in [0.2, 0.25) is 0 Å². The highest BCUT2D eigenvalue weighted by Crippen LogP contribution is 2.39. The maximum absolute atomic E-state index is 5.58. The molecule has 1 aliphatic rings. The van der Waals surface area contributed by atoms with Crippen LogP contribution in [0, 0.1) is 18.8 Å². The van der Waals surface area contributed by atoms with E-state index < -0.39 is 0 Å². The van der Waals surface area contributed by atoms with Crippen LogP contribution < -0.4 is 5.73 Å². The van der Waals surface area contributed by atoms with Gasteiger partial charge in [-0.1, -0.05) is 6.92 Å². The van der Waals surface area contributed by atoms with E-state index in [1.807, 2.05) is 10.7 Å². The summed E-state index contributed by atoms with van der Waals surface area (Å²) in [5.74, 6) is 2.36. The highest BCUT2D eigenvalue weighted by molar-refractivity contribution is 5.28. The molecule has 1 fully saturated rings. The fourth-order valence-corrected chi connectivity index (χ4v) is 1.60. The average molecular weight is 165 g/mol. The maximum atomic E-state index is 5.58. The van der Waals surface area contributed by atoms with Crippen molar-refractivity contribution in [2.75, 3.05) is 5.73 Å². The van der Waals surface area contributed by atoms with E-state index >= 15 is 0 Å². The van der Waals surface area contributed by atoms with E-state index in [-0.39, 0.29) is 0 Å². The molecular formula is C9H15N3. The second-order valence-electron chi connectivity index (χ2n) is 3.87. The van der Waals surface area contributed by atoms with Gasteiger partial charge in [0, 0.05) is 18.3 Å². The maximum Gasteiger partial charge on any atom is 0.145 e. The SMILES string of the molecule is Cc1cc(N)nn1CC1CC1C. The molecule has 0 saturated heterocycles. The number of rotatable bonds is 2. The highest BCUT2D eigenvalue weighted by atomic mass is 15.3. The molecule has 3 nitrogen and oxygen atoms in total. The van der Waals surface area contributed by atoms with Gasteiger partial charge in [-0.25, -0.2) is 0 Å². The van der Waals surface area contributed by atoms with Crippen LogP contribution in [0.25, 0.3) is 0 Å². The zero-order valence-corrected chi connectivity index (χ0v) is 7.62. The quantitative estimate of drug-likeness (QED) is 0.720. The topological polar surface area (TPSA) is 43.8 Å². The van der Waals surface area contributed by atoms with Crippen LogP contribution in [0.15, 0.2) is 6.07 Å². The molecule has 2 N–H and O–H groups in total. The number of aryl methyl sites for hydroxylation is 1. The first-order valence-corrected chi connectivity index (χ1v) is 4.46. The lowest BCUT2D eigenvalue weighted by atomic mass is 10.3. The number of anilines is 1. The number of aromatic nitrogens is 2. The predicted octanol–water partition coefficient (Wildman–Crippen LogP) is 1.43. The van der Waals surface area contributed by atoms with E-state index in [1.165, 1.54) is 12.1 Å². The summed E-state index contributed by atoms with van der Waals surface area (Å²) in [5, 5.41) is 4.22. The van der Waals surface area contributed by atoms with Gasteiger partial charge in [0.05, 0.1) is 0 Å². The summed E-state index contributed by atoms with van der Waals surface area (Å²) in [7, 11) is 0. The molecule has 66 valence electrons. The Morgan fingerprint density at radius 2 is 2.42 bits per heavy atom. The Morgan fingerprint density at radius 1 is 1.75 bits per heavy atom. The van der Waals surface area contributed by atoms with Crippen LogP contribution in [0.5, 0.6) is 0 Å². The van der Waals surface area contributed by atoms with Gasteiger partial charge < -0.3 is 5.73 Å². The first-order chi connectivity index (χ1) is 5.66. The third kappa shape index (κ3) is 1.31. The minimum atomic E-state index is 0.640. The van der Waals surface area contributed by atoms with Crippen LogP contribution in [0.4, 0.5) is 5.82 Å². The summed E-state index contributed by atoms with van der Waals surface area (Å²) in [6, 6.07) is 1.92. The Bertz CT molecular complexity index is 290. The Morgan fingerprint density at radius 3 is 2.83 bits per heavy atom. The van der Waals surface area contributed by atoms with Crippen molar-refractivity contribution in [2.45, 2.75) is 26.8 Å². The number of nitrogens with two attached hydrogens (primary N) is 1. The minimum absolute atomic E-state index is 0.640. The van der Waals surface area contributed by atoms with Crippen molar-refractivity contribution in [3.8, 4) is 0 Å². The lowest BCUT2D eigenvalue weighted by molar-refractivity contribution is 0.530. The van der Waals surface area contributed by atoms with Gasteiger partial charge in [-0.3, -0.25) is 4.68 Å². The molecule has 1 aliphatic carbocycles. The van der Waals surface area contributed by atoms with Gasteiger partial charge in [0.2, 0.25) is 0 Å². The van der Waals surface area contributed by atoms with Crippen molar-refractivity contribution in [3.63, 3.8) is 0 Å². The third-order valence-corrected chi connectivity index (χ3v) is 2.68. The fourth-order valence-electron chi connectivity index (χ4n) is 1.60. The standard InChI is InChI=1S/C9H15N3/c1-6-3-8(6)5-12-7(2)4-9(10)11-12/h4,6,8H,3,5H2,1-2H3,(H2,10,11). The summed E-state index contributed by atoms with van der Waals surface area (Å²) in [6.07, 6.45) is 1.35. The molecule has 1 saturated carbocycles. The molecule has 2 rings (SSSR count). The Hall–Kier alpha value is -0.990. The fraction of sp³-hybridized carbons (Fsp3) is 0.667. The van der Waals surface area contributed by atoms with Gasteiger partial charge in [-0.05, 0) is 25.2 Å². The summed E-state index contributed by atoms with van der Waals surface area (Å²) in [6.45, 7) is 5.38. The summed E-state index contributed by atoms with van der Waals surface area (Å²) in [5.41, 5.74) is 6.75. The van der Waals surface area contributed by atoms with E-state index in [2.05, 4.69) is 18.9 Å². The van der Waals surface area contributed by atoms with Crippen molar-refractivity contribution in [2.24, 2.45) is 11.8 Å². The molecule has 0 aromatic carbocycles. The van der Waals surface area contributed by atoms with Gasteiger partial charge >= 0.3 is 0 Å². The van der Waals surface area contributed by atoms with E-state index in [9.17, 15) is 0 Å². The molecule has 0 amide bonds. The van der Waals surface area contributed by atoms with E-state index in [1.54, 1.807) is 0 Å². The Labute approximate surface area is 72.6 Å². The molecule has 12 heavy (non-hydrogen) atoms. The third-order valence-electron chi connectivity index (χ3n) is 2.68. The number of nitrogens with zero attached hydrogens (tertiary/aromatic N) is 2.